The van der Waals surface area contributed by atoms with Crippen molar-refractivity contribution in [3.05, 3.63) is 41.3 Å². The van der Waals surface area contributed by atoms with E-state index in [4.69, 9.17) is 9.72 Å². The number of aryl methyl sites for hydroxylation is 1. The van der Waals surface area contributed by atoms with Gasteiger partial charge in [-0.2, -0.15) is 0 Å². The SMILES string of the molecule is CCc1cc(N2CCN(C(=O)OC(C)(C)C)CC2)cc2sc3cc(=[N+](CC)CC)ccc-3nc12. The predicted octanol–water partition coefficient (Wildman–Crippen LogP) is 4.83. The van der Waals surface area contributed by atoms with E-state index in [-0.39, 0.29) is 6.09 Å². The van der Waals surface area contributed by atoms with Crippen LogP contribution in [0.25, 0.3) is 20.8 Å². The first-order chi connectivity index (χ1) is 16.2. The molecule has 182 valence electrons. The second kappa shape index (κ2) is 9.90. The fourth-order valence-corrected chi connectivity index (χ4v) is 5.57. The van der Waals surface area contributed by atoms with Crippen LogP contribution in [0.2, 0.25) is 0 Å². The van der Waals surface area contributed by atoms with Gasteiger partial charge < -0.3 is 14.5 Å². The van der Waals surface area contributed by atoms with Gasteiger partial charge in [-0.25, -0.2) is 14.4 Å². The van der Waals surface area contributed by atoms with Crippen LogP contribution in [0.5, 0.6) is 0 Å². The Hall–Kier alpha value is -2.67. The number of benzene rings is 2. The van der Waals surface area contributed by atoms with E-state index < -0.39 is 5.60 Å². The van der Waals surface area contributed by atoms with E-state index in [0.717, 1.165) is 43.8 Å². The lowest BCUT2D eigenvalue weighted by atomic mass is 10.1. The van der Waals surface area contributed by atoms with E-state index in [1.54, 1.807) is 0 Å². The molecule has 2 aliphatic heterocycles. The molecule has 1 aromatic rings. The third-order valence-corrected chi connectivity index (χ3v) is 7.42. The van der Waals surface area contributed by atoms with Gasteiger partial charge in [0.25, 0.3) is 0 Å². The monoisotopic (exact) mass is 481 g/mol. The summed E-state index contributed by atoms with van der Waals surface area (Å²) in [5, 5.41) is 1.25. The lowest BCUT2D eigenvalue weighted by molar-refractivity contribution is 0.0240. The van der Waals surface area contributed by atoms with Gasteiger partial charge in [0.15, 0.2) is 0 Å². The largest absolute Gasteiger partial charge is 0.444 e. The Bertz CT molecular complexity index is 1210. The third kappa shape index (κ3) is 5.19. The molecule has 0 unspecified atom stereocenters. The number of fused-ring (bicyclic) bond motifs is 2. The molecule has 34 heavy (non-hydrogen) atoms. The number of aromatic nitrogens is 1. The van der Waals surface area contributed by atoms with Gasteiger partial charge in [-0.1, -0.05) is 6.92 Å². The number of nitrogens with zero attached hydrogens (tertiary/aromatic N) is 4. The summed E-state index contributed by atoms with van der Waals surface area (Å²) in [4.78, 5) is 22.9. The minimum absolute atomic E-state index is 0.221. The minimum atomic E-state index is -0.467. The zero-order valence-corrected chi connectivity index (χ0v) is 22.2. The Labute approximate surface area is 206 Å². The molecule has 1 aromatic carbocycles. The molecule has 0 aromatic heterocycles. The summed E-state index contributed by atoms with van der Waals surface area (Å²) >= 11 is 1.82. The number of piperazine rings is 1. The molecule has 3 aliphatic rings. The summed E-state index contributed by atoms with van der Waals surface area (Å²) in [5.74, 6) is 0. The highest BCUT2D eigenvalue weighted by Gasteiger charge is 2.26. The number of anilines is 1. The first-order valence-electron chi connectivity index (χ1n) is 12.4. The van der Waals surface area contributed by atoms with Crippen LogP contribution in [0.3, 0.4) is 0 Å². The average molecular weight is 482 g/mol. The highest BCUT2D eigenvalue weighted by atomic mass is 32.1. The number of rotatable bonds is 4. The van der Waals surface area contributed by atoms with Crippen LogP contribution >= 0.6 is 11.3 Å². The molecule has 0 bridgehead atoms. The summed E-state index contributed by atoms with van der Waals surface area (Å²) in [5.41, 5.74) is 4.18. The van der Waals surface area contributed by atoms with Crippen LogP contribution in [0.1, 0.15) is 47.1 Å². The highest BCUT2D eigenvalue weighted by Crippen LogP contribution is 2.34. The molecule has 1 amide bonds. The fourth-order valence-electron chi connectivity index (χ4n) is 4.48. The van der Waals surface area contributed by atoms with Crippen molar-refractivity contribution in [1.82, 2.24) is 14.5 Å². The Morgan fingerprint density at radius 3 is 2.38 bits per heavy atom. The molecule has 0 saturated carbocycles. The third-order valence-electron chi connectivity index (χ3n) is 6.34. The van der Waals surface area contributed by atoms with Gasteiger partial charge in [0, 0.05) is 44.0 Å². The van der Waals surface area contributed by atoms with Crippen molar-refractivity contribution < 1.29 is 9.53 Å². The number of amides is 1. The standard InChI is InChI=1S/C27H37N4O2S/c1-7-19-16-21(30-12-14-31(15-13-30)26(32)33-27(4,5)6)18-24-25(19)28-22-11-10-20(17-23(22)34-24)29(8-2)9-3/h10-11,16-18H,7-9,12-15H2,1-6H3/q+1. The van der Waals surface area contributed by atoms with Gasteiger partial charge in [0.1, 0.15) is 18.7 Å². The van der Waals surface area contributed by atoms with Crippen LogP contribution in [0.15, 0.2) is 30.3 Å². The Morgan fingerprint density at radius 1 is 1.06 bits per heavy atom. The molecule has 4 rings (SSSR count). The summed E-state index contributed by atoms with van der Waals surface area (Å²) in [6.45, 7) is 17.2. The van der Waals surface area contributed by atoms with Crippen molar-refractivity contribution in [2.75, 3.05) is 44.2 Å². The number of ether oxygens (including phenoxy) is 1. The quantitative estimate of drug-likeness (QED) is 0.396. The molecule has 7 heteroatoms. The highest BCUT2D eigenvalue weighted by molar-refractivity contribution is 7.21. The zero-order valence-electron chi connectivity index (χ0n) is 21.4. The van der Waals surface area contributed by atoms with Crippen LogP contribution < -0.4 is 14.8 Å². The Kier molecular flexibility index (Phi) is 7.12. The summed E-state index contributed by atoms with van der Waals surface area (Å²) in [6.07, 6.45) is 0.715. The van der Waals surface area contributed by atoms with Crippen LogP contribution in [0.4, 0.5) is 10.5 Å². The van der Waals surface area contributed by atoms with E-state index in [2.05, 4.69) is 60.6 Å². The Morgan fingerprint density at radius 2 is 1.76 bits per heavy atom. The average Bonchev–Trinajstić information content (AvgIpc) is 2.81. The van der Waals surface area contributed by atoms with E-state index in [1.165, 1.54) is 26.2 Å². The maximum Gasteiger partial charge on any atom is 0.410 e. The van der Waals surface area contributed by atoms with Crippen molar-refractivity contribution in [1.29, 1.82) is 0 Å². The molecule has 0 radical (unpaired) electrons. The van der Waals surface area contributed by atoms with Gasteiger partial charge in [-0.05, 0) is 64.8 Å². The lowest BCUT2D eigenvalue weighted by Crippen LogP contribution is -2.50. The van der Waals surface area contributed by atoms with E-state index >= 15 is 0 Å². The van der Waals surface area contributed by atoms with Gasteiger partial charge in [-0.15, -0.1) is 11.3 Å². The number of carbonyl (C=O) groups excluding carboxylic acids is 1. The molecule has 0 N–H and O–H groups in total. The first kappa shape index (κ1) is 24.5. The minimum Gasteiger partial charge on any atom is -0.444 e. The molecule has 1 saturated heterocycles. The normalized spacial score (nSPS) is 14.6. The van der Waals surface area contributed by atoms with Gasteiger partial charge in [0.05, 0.1) is 20.8 Å². The van der Waals surface area contributed by atoms with Crippen molar-refractivity contribution in [3.63, 3.8) is 0 Å². The molecule has 6 nitrogen and oxygen atoms in total. The molecule has 2 heterocycles. The number of hydrogen-bond donors (Lipinski definition) is 0. The first-order valence-corrected chi connectivity index (χ1v) is 13.2. The Balaban J connectivity index is 1.65. The summed E-state index contributed by atoms with van der Waals surface area (Å²) < 4.78 is 9.14. The zero-order chi connectivity index (χ0) is 24.5. The van der Waals surface area contributed by atoms with Crippen molar-refractivity contribution in [2.45, 2.75) is 53.6 Å². The fraction of sp³-hybridized carbons (Fsp3) is 0.519. The summed E-state index contributed by atoms with van der Waals surface area (Å²) in [6, 6.07) is 11.2. The number of hydrogen-bond acceptors (Lipinski definition) is 5. The molecule has 1 aliphatic carbocycles. The molecular weight excluding hydrogens is 444 g/mol. The van der Waals surface area contributed by atoms with E-state index in [1.807, 2.05) is 37.0 Å². The number of carbonyl (C=O) groups is 1. The maximum absolute atomic E-state index is 12.5. The molecule has 0 atom stereocenters. The van der Waals surface area contributed by atoms with Crippen molar-refractivity contribution >= 4 is 33.3 Å². The smallest absolute Gasteiger partial charge is 0.410 e. The van der Waals surface area contributed by atoms with Crippen molar-refractivity contribution in [3.8, 4) is 10.6 Å². The van der Waals surface area contributed by atoms with Gasteiger partial charge in [-0.3, -0.25) is 0 Å². The molecular formula is C27H37N4O2S+. The topological polar surface area (TPSA) is 48.7 Å². The lowest BCUT2D eigenvalue weighted by Gasteiger charge is -2.37. The van der Waals surface area contributed by atoms with Crippen LogP contribution in [-0.4, -0.2) is 60.8 Å². The van der Waals surface area contributed by atoms with Crippen LogP contribution in [-0.2, 0) is 11.2 Å². The van der Waals surface area contributed by atoms with E-state index in [9.17, 15) is 4.79 Å². The van der Waals surface area contributed by atoms with Crippen molar-refractivity contribution in [2.24, 2.45) is 0 Å². The van der Waals surface area contributed by atoms with E-state index in [0.29, 0.717) is 13.1 Å². The van der Waals surface area contributed by atoms with Gasteiger partial charge in [0.2, 0.25) is 5.36 Å². The molecule has 0 spiro atoms. The molecule has 1 fully saturated rings. The van der Waals surface area contributed by atoms with Crippen LogP contribution in [0, 0.1) is 0 Å². The van der Waals surface area contributed by atoms with Gasteiger partial charge >= 0.3 is 6.09 Å². The predicted molar refractivity (Wildman–Crippen MR) is 142 cm³/mol. The second-order valence-electron chi connectivity index (χ2n) is 9.80. The maximum atomic E-state index is 12.5. The summed E-state index contributed by atoms with van der Waals surface area (Å²) in [7, 11) is 0. The second-order valence-corrected chi connectivity index (χ2v) is 10.9.